The van der Waals surface area contributed by atoms with Gasteiger partial charge < -0.3 is 9.84 Å². The Kier molecular flexibility index (Phi) is 4.19. The van der Waals surface area contributed by atoms with Gasteiger partial charge in [-0.1, -0.05) is 35.5 Å². The van der Waals surface area contributed by atoms with E-state index >= 15 is 0 Å². The number of benzene rings is 2. The summed E-state index contributed by atoms with van der Waals surface area (Å²) >= 11 is 0. The van der Waals surface area contributed by atoms with E-state index in [1.807, 2.05) is 56.3 Å². The molecule has 0 aliphatic carbocycles. The van der Waals surface area contributed by atoms with Crippen LogP contribution in [-0.4, -0.2) is 22.1 Å². The molecule has 0 bridgehead atoms. The van der Waals surface area contributed by atoms with Gasteiger partial charge in [-0.25, -0.2) is 0 Å². The SMILES string of the molecule is CC(C)NC(=O)c1cccc(-c2noc(-c3ccccc3)n2)c1. The van der Waals surface area contributed by atoms with Crippen LogP contribution < -0.4 is 5.32 Å². The standard InChI is InChI=1S/C18H17N3O2/c1-12(2)19-17(22)15-10-6-9-14(11-15)16-20-18(23-21-16)13-7-4-3-5-8-13/h3-12H,1-2H3,(H,19,22). The quantitative estimate of drug-likeness (QED) is 0.800. The lowest BCUT2D eigenvalue weighted by molar-refractivity contribution is 0.0943. The second-order valence-electron chi connectivity index (χ2n) is 5.50. The van der Waals surface area contributed by atoms with Gasteiger partial charge in [0.2, 0.25) is 5.82 Å². The molecule has 0 aliphatic rings. The van der Waals surface area contributed by atoms with Gasteiger partial charge >= 0.3 is 0 Å². The number of amides is 1. The minimum atomic E-state index is -0.117. The van der Waals surface area contributed by atoms with Gasteiger partial charge in [0, 0.05) is 22.7 Å². The van der Waals surface area contributed by atoms with Crippen LogP contribution in [0.3, 0.4) is 0 Å². The maximum absolute atomic E-state index is 12.1. The van der Waals surface area contributed by atoms with E-state index in [4.69, 9.17) is 4.52 Å². The third kappa shape index (κ3) is 3.45. The molecule has 3 rings (SSSR count). The Hall–Kier alpha value is -2.95. The van der Waals surface area contributed by atoms with E-state index in [-0.39, 0.29) is 11.9 Å². The lowest BCUT2D eigenvalue weighted by atomic mass is 10.1. The minimum absolute atomic E-state index is 0.0843. The molecule has 0 atom stereocenters. The van der Waals surface area contributed by atoms with Crippen molar-refractivity contribution in [3.63, 3.8) is 0 Å². The zero-order valence-corrected chi connectivity index (χ0v) is 13.0. The van der Waals surface area contributed by atoms with Crippen molar-refractivity contribution in [1.29, 1.82) is 0 Å². The van der Waals surface area contributed by atoms with Crippen molar-refractivity contribution in [1.82, 2.24) is 15.5 Å². The molecule has 23 heavy (non-hydrogen) atoms. The third-order valence-corrected chi connectivity index (χ3v) is 3.25. The van der Waals surface area contributed by atoms with Crippen molar-refractivity contribution in [3.8, 4) is 22.8 Å². The topological polar surface area (TPSA) is 68.0 Å². The van der Waals surface area contributed by atoms with Crippen LogP contribution in [0.1, 0.15) is 24.2 Å². The van der Waals surface area contributed by atoms with Crippen molar-refractivity contribution in [2.45, 2.75) is 19.9 Å². The maximum Gasteiger partial charge on any atom is 0.258 e. The van der Waals surface area contributed by atoms with Gasteiger partial charge in [-0.15, -0.1) is 0 Å². The normalized spacial score (nSPS) is 10.7. The first-order chi connectivity index (χ1) is 11.1. The molecule has 0 spiro atoms. The first-order valence-corrected chi connectivity index (χ1v) is 7.44. The fraction of sp³-hybridized carbons (Fsp3) is 0.167. The van der Waals surface area contributed by atoms with Crippen LogP contribution >= 0.6 is 0 Å². The predicted octanol–water partition coefficient (Wildman–Crippen LogP) is 3.54. The molecule has 116 valence electrons. The van der Waals surface area contributed by atoms with Crippen molar-refractivity contribution in [2.24, 2.45) is 0 Å². The number of rotatable bonds is 4. The van der Waals surface area contributed by atoms with Crippen LogP contribution in [0.15, 0.2) is 59.1 Å². The number of hydrogen-bond donors (Lipinski definition) is 1. The zero-order valence-electron chi connectivity index (χ0n) is 13.0. The molecule has 2 aromatic carbocycles. The summed E-state index contributed by atoms with van der Waals surface area (Å²) in [5.41, 5.74) is 2.18. The van der Waals surface area contributed by atoms with Crippen molar-refractivity contribution < 1.29 is 9.32 Å². The van der Waals surface area contributed by atoms with Crippen LogP contribution in [0.5, 0.6) is 0 Å². The maximum atomic E-state index is 12.1. The highest BCUT2D eigenvalue weighted by Gasteiger charge is 2.13. The molecular formula is C18H17N3O2. The smallest absolute Gasteiger partial charge is 0.258 e. The molecule has 5 nitrogen and oxygen atoms in total. The molecule has 1 aromatic heterocycles. The minimum Gasteiger partial charge on any atom is -0.350 e. The second-order valence-corrected chi connectivity index (χ2v) is 5.50. The molecule has 1 heterocycles. The summed E-state index contributed by atoms with van der Waals surface area (Å²) in [7, 11) is 0. The first kappa shape index (κ1) is 15.0. The molecule has 0 saturated carbocycles. The average molecular weight is 307 g/mol. The highest BCUT2D eigenvalue weighted by molar-refractivity contribution is 5.95. The fourth-order valence-corrected chi connectivity index (χ4v) is 2.18. The average Bonchev–Trinajstić information content (AvgIpc) is 3.05. The summed E-state index contributed by atoms with van der Waals surface area (Å²) < 4.78 is 5.31. The van der Waals surface area contributed by atoms with Crippen molar-refractivity contribution in [2.75, 3.05) is 0 Å². The van der Waals surface area contributed by atoms with Gasteiger partial charge in [0.15, 0.2) is 0 Å². The number of hydrogen-bond acceptors (Lipinski definition) is 4. The molecule has 0 unspecified atom stereocenters. The van der Waals surface area contributed by atoms with E-state index in [1.54, 1.807) is 12.1 Å². The Bertz CT molecular complexity index is 810. The van der Waals surface area contributed by atoms with Gasteiger partial charge in [0.05, 0.1) is 0 Å². The molecule has 1 amide bonds. The van der Waals surface area contributed by atoms with E-state index in [2.05, 4.69) is 15.5 Å². The van der Waals surface area contributed by atoms with Crippen molar-refractivity contribution >= 4 is 5.91 Å². The summed E-state index contributed by atoms with van der Waals surface area (Å²) in [6, 6.07) is 16.8. The predicted molar refractivity (Wildman–Crippen MR) is 87.8 cm³/mol. The van der Waals surface area contributed by atoms with Crippen LogP contribution in [-0.2, 0) is 0 Å². The summed E-state index contributed by atoms with van der Waals surface area (Å²) in [5.74, 6) is 0.800. The van der Waals surface area contributed by atoms with Gasteiger partial charge in [-0.3, -0.25) is 4.79 Å². The number of nitrogens with one attached hydrogen (secondary N) is 1. The Balaban J connectivity index is 1.88. The highest BCUT2D eigenvalue weighted by atomic mass is 16.5. The molecular weight excluding hydrogens is 290 g/mol. The lowest BCUT2D eigenvalue weighted by Gasteiger charge is -2.08. The molecule has 5 heteroatoms. The number of aromatic nitrogens is 2. The number of carbonyl (C=O) groups is 1. The van der Waals surface area contributed by atoms with E-state index in [0.717, 1.165) is 11.1 Å². The first-order valence-electron chi connectivity index (χ1n) is 7.44. The molecule has 3 aromatic rings. The van der Waals surface area contributed by atoms with Gasteiger partial charge in [-0.05, 0) is 38.1 Å². The summed E-state index contributed by atoms with van der Waals surface area (Å²) in [4.78, 5) is 16.5. The fourth-order valence-electron chi connectivity index (χ4n) is 2.18. The molecule has 0 aliphatic heterocycles. The second kappa shape index (κ2) is 6.44. The molecule has 1 N–H and O–H groups in total. The Labute approximate surface area is 134 Å². The van der Waals surface area contributed by atoms with Crippen LogP contribution in [0, 0.1) is 0 Å². The monoisotopic (exact) mass is 307 g/mol. The van der Waals surface area contributed by atoms with Crippen molar-refractivity contribution in [3.05, 3.63) is 60.2 Å². The van der Waals surface area contributed by atoms with Gasteiger partial charge in [-0.2, -0.15) is 4.98 Å². The Morgan fingerprint density at radius 2 is 1.78 bits per heavy atom. The highest BCUT2D eigenvalue weighted by Crippen LogP contribution is 2.22. The zero-order chi connectivity index (χ0) is 16.2. The van der Waals surface area contributed by atoms with Gasteiger partial charge in [0.25, 0.3) is 11.8 Å². The molecule has 0 saturated heterocycles. The largest absolute Gasteiger partial charge is 0.350 e. The Morgan fingerprint density at radius 1 is 1.04 bits per heavy atom. The van der Waals surface area contributed by atoms with Crippen LogP contribution in [0.25, 0.3) is 22.8 Å². The summed E-state index contributed by atoms with van der Waals surface area (Å²) in [6.07, 6.45) is 0. The summed E-state index contributed by atoms with van der Waals surface area (Å²) in [5, 5.41) is 6.87. The van der Waals surface area contributed by atoms with E-state index in [9.17, 15) is 4.79 Å². The molecule has 0 fully saturated rings. The summed E-state index contributed by atoms with van der Waals surface area (Å²) in [6.45, 7) is 3.85. The Morgan fingerprint density at radius 3 is 2.52 bits per heavy atom. The van der Waals surface area contributed by atoms with E-state index < -0.39 is 0 Å². The van der Waals surface area contributed by atoms with Crippen LogP contribution in [0.2, 0.25) is 0 Å². The molecule has 0 radical (unpaired) electrons. The number of nitrogens with zero attached hydrogens (tertiary/aromatic N) is 2. The third-order valence-electron chi connectivity index (χ3n) is 3.25. The van der Waals surface area contributed by atoms with Crippen LogP contribution in [0.4, 0.5) is 0 Å². The van der Waals surface area contributed by atoms with Gasteiger partial charge in [0.1, 0.15) is 0 Å². The number of carbonyl (C=O) groups excluding carboxylic acids is 1. The lowest BCUT2D eigenvalue weighted by Crippen LogP contribution is -2.30. The van der Waals surface area contributed by atoms with E-state index in [0.29, 0.717) is 17.3 Å². The van der Waals surface area contributed by atoms with E-state index in [1.165, 1.54) is 0 Å².